The Morgan fingerprint density at radius 1 is 0.385 bits per heavy atom. The second kappa shape index (κ2) is 50.3. The molecule has 0 rings (SSSR count). The second-order valence-corrected chi connectivity index (χ2v) is 20.3. The predicted molar refractivity (Wildman–Crippen MR) is 281 cm³/mol. The molecule has 0 radical (unpaired) electrons. The summed E-state index contributed by atoms with van der Waals surface area (Å²) in [6, 6.07) is 0.326. The maximum Gasteiger partial charge on any atom is 0.305 e. The highest BCUT2D eigenvalue weighted by molar-refractivity contribution is 5.76. The fourth-order valence-electron chi connectivity index (χ4n) is 9.55. The molecule has 1 amide bonds. The van der Waals surface area contributed by atoms with Crippen molar-refractivity contribution in [2.24, 2.45) is 11.8 Å². The summed E-state index contributed by atoms with van der Waals surface area (Å²) in [5.41, 5.74) is 0. The number of esters is 2. The van der Waals surface area contributed by atoms with Crippen LogP contribution in [0.15, 0.2) is 0 Å². The number of nitrogens with zero attached hydrogens (tertiary/aromatic N) is 1. The molecule has 0 saturated heterocycles. The van der Waals surface area contributed by atoms with Crippen molar-refractivity contribution in [2.75, 3.05) is 33.4 Å². The molecular weight excluding hydrogens is 805 g/mol. The van der Waals surface area contributed by atoms with Crippen molar-refractivity contribution in [3.05, 3.63) is 0 Å². The largest absolute Gasteiger partial charge is 0.465 e. The summed E-state index contributed by atoms with van der Waals surface area (Å²) < 4.78 is 11.6. The van der Waals surface area contributed by atoms with Crippen molar-refractivity contribution >= 4 is 17.8 Å². The molecule has 0 bridgehead atoms. The number of rotatable bonds is 52. The fourth-order valence-corrected chi connectivity index (χ4v) is 9.55. The van der Waals surface area contributed by atoms with Crippen LogP contribution in [-0.2, 0) is 23.9 Å². The van der Waals surface area contributed by atoms with Crippen LogP contribution in [0.3, 0.4) is 0 Å². The lowest BCUT2D eigenvalue weighted by atomic mass is 9.96. The minimum Gasteiger partial charge on any atom is -0.465 e. The third-order valence-corrected chi connectivity index (χ3v) is 14.0. The molecule has 0 aromatic carbocycles. The van der Waals surface area contributed by atoms with Crippen LogP contribution in [0.25, 0.3) is 0 Å². The zero-order valence-corrected chi connectivity index (χ0v) is 44.7. The Hall–Kier alpha value is -1.63. The van der Waals surface area contributed by atoms with Gasteiger partial charge in [-0.2, -0.15) is 0 Å². The molecule has 0 fully saturated rings. The first-order valence-electron chi connectivity index (χ1n) is 29.1. The number of amides is 1. The SMILES string of the molecule is CCCCCCCCCCN(C(=O)CCCNC)C(CCCCCCCCC(=O)OCC(CCCC)CCCCCC)CCCCCCCCC(=O)OCC(CCCC)CCCCCC. The summed E-state index contributed by atoms with van der Waals surface area (Å²) in [7, 11) is 1.98. The molecule has 0 aromatic heterocycles. The van der Waals surface area contributed by atoms with Gasteiger partial charge in [-0.1, -0.05) is 221 Å². The van der Waals surface area contributed by atoms with Gasteiger partial charge in [0.2, 0.25) is 5.91 Å². The maximum absolute atomic E-state index is 13.8. The van der Waals surface area contributed by atoms with Gasteiger partial charge in [-0.15, -0.1) is 0 Å². The van der Waals surface area contributed by atoms with Crippen LogP contribution in [-0.4, -0.2) is 62.1 Å². The summed E-state index contributed by atoms with van der Waals surface area (Å²) in [5, 5.41) is 3.24. The summed E-state index contributed by atoms with van der Waals surface area (Å²) in [5.74, 6) is 1.39. The van der Waals surface area contributed by atoms with E-state index in [-0.39, 0.29) is 11.9 Å². The highest BCUT2D eigenvalue weighted by Crippen LogP contribution is 2.23. The molecule has 0 aromatic rings. The summed E-state index contributed by atoms with van der Waals surface area (Å²) in [6.07, 6.45) is 48.3. The monoisotopic (exact) mass is 919 g/mol. The molecule has 0 spiro atoms. The second-order valence-electron chi connectivity index (χ2n) is 20.3. The van der Waals surface area contributed by atoms with Crippen molar-refractivity contribution < 1.29 is 23.9 Å². The van der Waals surface area contributed by atoms with E-state index >= 15 is 0 Å². The van der Waals surface area contributed by atoms with Gasteiger partial charge in [0.1, 0.15) is 0 Å². The first-order chi connectivity index (χ1) is 31.9. The molecule has 7 nitrogen and oxygen atoms in total. The lowest BCUT2D eigenvalue weighted by molar-refractivity contribution is -0.146. The number of carbonyl (C=O) groups is 3. The number of nitrogens with one attached hydrogen (secondary N) is 1. The summed E-state index contributed by atoms with van der Waals surface area (Å²) >= 11 is 0. The Labute approximate surface area is 406 Å². The quantitative estimate of drug-likeness (QED) is 0.0483. The van der Waals surface area contributed by atoms with E-state index in [4.69, 9.17) is 9.47 Å². The Balaban J connectivity index is 4.98. The van der Waals surface area contributed by atoms with E-state index in [2.05, 4.69) is 44.8 Å². The van der Waals surface area contributed by atoms with Crippen LogP contribution in [0, 0.1) is 11.8 Å². The predicted octanol–water partition coefficient (Wildman–Crippen LogP) is 17.2. The van der Waals surface area contributed by atoms with Crippen molar-refractivity contribution in [3.63, 3.8) is 0 Å². The number of ether oxygens (including phenoxy) is 2. The normalized spacial score (nSPS) is 12.9. The molecule has 0 aliphatic carbocycles. The number of unbranched alkanes of at least 4 members (excludes halogenated alkanes) is 25. The molecule has 2 unspecified atom stereocenters. The van der Waals surface area contributed by atoms with Gasteiger partial charge in [0.05, 0.1) is 13.2 Å². The van der Waals surface area contributed by atoms with Crippen LogP contribution in [0.5, 0.6) is 0 Å². The topological polar surface area (TPSA) is 84.9 Å². The number of hydrogen-bond donors (Lipinski definition) is 1. The van der Waals surface area contributed by atoms with E-state index in [1.54, 1.807) is 0 Å². The van der Waals surface area contributed by atoms with Crippen LogP contribution in [0.4, 0.5) is 0 Å². The molecule has 1 N–H and O–H groups in total. The Kier molecular flexibility index (Phi) is 49.0. The molecule has 0 heterocycles. The molecule has 386 valence electrons. The third kappa shape index (κ3) is 42.2. The lowest BCUT2D eigenvalue weighted by Crippen LogP contribution is -2.41. The van der Waals surface area contributed by atoms with Crippen molar-refractivity contribution in [1.29, 1.82) is 0 Å². The van der Waals surface area contributed by atoms with Crippen LogP contribution >= 0.6 is 0 Å². The fraction of sp³-hybridized carbons (Fsp3) is 0.948. The van der Waals surface area contributed by atoms with Gasteiger partial charge < -0.3 is 19.7 Å². The van der Waals surface area contributed by atoms with Crippen LogP contribution < -0.4 is 5.32 Å². The van der Waals surface area contributed by atoms with Gasteiger partial charge in [-0.3, -0.25) is 14.4 Å². The average molecular weight is 920 g/mol. The van der Waals surface area contributed by atoms with Gasteiger partial charge in [0.15, 0.2) is 0 Å². The molecule has 65 heavy (non-hydrogen) atoms. The van der Waals surface area contributed by atoms with E-state index in [1.165, 1.54) is 173 Å². The molecule has 2 atom stereocenters. The minimum atomic E-state index is -0.00608. The zero-order valence-electron chi connectivity index (χ0n) is 44.7. The van der Waals surface area contributed by atoms with E-state index in [0.29, 0.717) is 56.3 Å². The van der Waals surface area contributed by atoms with Crippen molar-refractivity contribution in [1.82, 2.24) is 10.2 Å². The highest BCUT2D eigenvalue weighted by atomic mass is 16.5. The van der Waals surface area contributed by atoms with E-state index < -0.39 is 0 Å². The Bertz CT molecular complexity index is 966. The Morgan fingerprint density at radius 3 is 1.14 bits per heavy atom. The first-order valence-corrected chi connectivity index (χ1v) is 29.1. The average Bonchev–Trinajstić information content (AvgIpc) is 3.31. The highest BCUT2D eigenvalue weighted by Gasteiger charge is 2.23. The van der Waals surface area contributed by atoms with Gasteiger partial charge in [0, 0.05) is 31.8 Å². The lowest BCUT2D eigenvalue weighted by Gasteiger charge is -2.33. The van der Waals surface area contributed by atoms with Gasteiger partial charge in [0.25, 0.3) is 0 Å². The molecule has 0 aliphatic heterocycles. The molecule has 0 saturated carbocycles. The minimum absolute atomic E-state index is 0.00608. The zero-order chi connectivity index (χ0) is 47.7. The van der Waals surface area contributed by atoms with Crippen LogP contribution in [0.2, 0.25) is 0 Å². The Morgan fingerprint density at radius 2 is 0.723 bits per heavy atom. The van der Waals surface area contributed by atoms with Gasteiger partial charge in [-0.05, 0) is 89.6 Å². The molecular formula is C58H114N2O5. The smallest absolute Gasteiger partial charge is 0.305 e. The van der Waals surface area contributed by atoms with E-state index in [0.717, 1.165) is 90.1 Å². The maximum atomic E-state index is 13.8. The summed E-state index contributed by atoms with van der Waals surface area (Å²) in [6.45, 7) is 14.3. The molecule has 7 heteroatoms. The first kappa shape index (κ1) is 63.4. The standard InChI is InChI=1S/C58H114N2O5/c1-7-12-17-20-21-26-31-38-50-60(56(61)46-39-49-59-6)55(44-34-27-22-24-29-36-47-57(62)64-51-53(40-15-10-4)42-32-18-13-8-2)45-35-28-23-25-30-37-48-58(63)65-52-54(41-16-11-5)43-33-19-14-9-3/h53-55,59H,7-52H2,1-6H3. The third-order valence-electron chi connectivity index (χ3n) is 14.0. The van der Waals surface area contributed by atoms with Gasteiger partial charge >= 0.3 is 11.9 Å². The van der Waals surface area contributed by atoms with E-state index in [9.17, 15) is 14.4 Å². The van der Waals surface area contributed by atoms with Crippen molar-refractivity contribution in [2.45, 2.75) is 310 Å². The van der Waals surface area contributed by atoms with Crippen molar-refractivity contribution in [3.8, 4) is 0 Å². The molecule has 0 aliphatic rings. The summed E-state index contributed by atoms with van der Waals surface area (Å²) in [4.78, 5) is 41.4. The number of carbonyl (C=O) groups excluding carboxylic acids is 3. The van der Waals surface area contributed by atoms with Gasteiger partial charge in [-0.25, -0.2) is 0 Å². The van der Waals surface area contributed by atoms with E-state index in [1.807, 2.05) is 7.05 Å². The number of hydrogen-bond acceptors (Lipinski definition) is 6. The van der Waals surface area contributed by atoms with Crippen LogP contribution in [0.1, 0.15) is 304 Å².